The number of rotatable bonds is 4. The molecule has 18 heavy (non-hydrogen) atoms. The van der Waals surface area contributed by atoms with Crippen molar-refractivity contribution in [1.29, 1.82) is 0 Å². The van der Waals surface area contributed by atoms with Gasteiger partial charge in [0.2, 0.25) is 0 Å². The molecule has 0 amide bonds. The summed E-state index contributed by atoms with van der Waals surface area (Å²) in [4.78, 5) is 0. The van der Waals surface area contributed by atoms with Crippen LogP contribution in [-0.4, -0.2) is 15.3 Å². The number of aromatic nitrogens is 2. The third-order valence-electron chi connectivity index (χ3n) is 3.08. The van der Waals surface area contributed by atoms with Gasteiger partial charge in [0.05, 0.1) is 6.61 Å². The summed E-state index contributed by atoms with van der Waals surface area (Å²) >= 11 is 0. The Bertz CT molecular complexity index is 526. The third kappa shape index (κ3) is 2.38. The normalized spacial score (nSPS) is 10.7. The molecule has 0 radical (unpaired) electrons. The minimum atomic E-state index is -0.0201. The van der Waals surface area contributed by atoms with Crippen LogP contribution in [0.1, 0.15) is 28.1 Å². The highest BCUT2D eigenvalue weighted by Gasteiger charge is 2.11. The highest BCUT2D eigenvalue weighted by atomic mass is 16.5. The molecule has 0 saturated heterocycles. The van der Waals surface area contributed by atoms with Gasteiger partial charge in [-0.1, -0.05) is 18.2 Å². The number of para-hydroxylation sites is 1. The number of hydrogen-bond donors (Lipinski definition) is 2. The Kier molecular flexibility index (Phi) is 3.67. The highest BCUT2D eigenvalue weighted by Crippen LogP contribution is 2.24. The van der Waals surface area contributed by atoms with E-state index in [-0.39, 0.29) is 6.61 Å². The van der Waals surface area contributed by atoms with Crippen LogP contribution >= 0.6 is 0 Å². The van der Waals surface area contributed by atoms with Crippen LogP contribution < -0.4 is 4.74 Å². The summed E-state index contributed by atoms with van der Waals surface area (Å²) in [6, 6.07) is 6.05. The molecule has 2 aromatic rings. The number of H-pyrrole nitrogens is 1. The molecule has 0 aliphatic rings. The second-order valence-corrected chi connectivity index (χ2v) is 4.44. The largest absolute Gasteiger partial charge is 0.487 e. The van der Waals surface area contributed by atoms with Gasteiger partial charge in [0, 0.05) is 11.3 Å². The van der Waals surface area contributed by atoms with Crippen molar-refractivity contribution in [3.63, 3.8) is 0 Å². The van der Waals surface area contributed by atoms with Crippen LogP contribution in [0.3, 0.4) is 0 Å². The minimum Gasteiger partial charge on any atom is -0.487 e. The zero-order valence-electron chi connectivity index (χ0n) is 10.9. The van der Waals surface area contributed by atoms with Crippen LogP contribution in [0.25, 0.3) is 0 Å². The van der Waals surface area contributed by atoms with Gasteiger partial charge in [-0.25, -0.2) is 0 Å². The van der Waals surface area contributed by atoms with Gasteiger partial charge < -0.3 is 9.84 Å². The standard InChI is InChI=1S/C14H18N2O2/c1-9-5-4-6-10(2)14(9)18-8-13-12(7-17)11(3)15-16-13/h4-6,17H,7-8H2,1-3H3,(H,15,16). The first kappa shape index (κ1) is 12.6. The molecule has 0 bridgehead atoms. The van der Waals surface area contributed by atoms with Crippen molar-refractivity contribution in [1.82, 2.24) is 10.2 Å². The second-order valence-electron chi connectivity index (χ2n) is 4.44. The number of aliphatic hydroxyl groups is 1. The molecule has 0 unspecified atom stereocenters. The topological polar surface area (TPSA) is 58.1 Å². The summed E-state index contributed by atoms with van der Waals surface area (Å²) in [7, 11) is 0. The van der Waals surface area contributed by atoms with Crippen molar-refractivity contribution in [2.75, 3.05) is 0 Å². The lowest BCUT2D eigenvalue weighted by Gasteiger charge is -2.11. The van der Waals surface area contributed by atoms with Crippen molar-refractivity contribution < 1.29 is 9.84 Å². The minimum absolute atomic E-state index is 0.0201. The maximum absolute atomic E-state index is 9.28. The molecule has 1 heterocycles. The molecule has 1 aromatic heterocycles. The average Bonchev–Trinajstić information content (AvgIpc) is 2.69. The van der Waals surface area contributed by atoms with E-state index in [1.165, 1.54) is 0 Å². The molecular formula is C14H18N2O2. The van der Waals surface area contributed by atoms with Gasteiger partial charge in [-0.15, -0.1) is 0 Å². The SMILES string of the molecule is Cc1cccc(C)c1OCc1n[nH]c(C)c1CO. The Morgan fingerprint density at radius 2 is 1.89 bits per heavy atom. The number of aromatic amines is 1. The average molecular weight is 246 g/mol. The van der Waals surface area contributed by atoms with E-state index in [0.717, 1.165) is 33.8 Å². The van der Waals surface area contributed by atoms with Crippen LogP contribution in [0.5, 0.6) is 5.75 Å². The Balaban J connectivity index is 2.16. The third-order valence-corrected chi connectivity index (χ3v) is 3.08. The fraction of sp³-hybridized carbons (Fsp3) is 0.357. The summed E-state index contributed by atoms with van der Waals surface area (Å²) in [6.45, 7) is 6.27. The van der Waals surface area contributed by atoms with E-state index in [4.69, 9.17) is 4.74 Å². The molecule has 0 aliphatic heterocycles. The monoisotopic (exact) mass is 246 g/mol. The van der Waals surface area contributed by atoms with Gasteiger partial charge in [0.1, 0.15) is 18.1 Å². The molecule has 0 aliphatic carbocycles. The van der Waals surface area contributed by atoms with Gasteiger partial charge >= 0.3 is 0 Å². The van der Waals surface area contributed by atoms with E-state index < -0.39 is 0 Å². The Morgan fingerprint density at radius 3 is 2.50 bits per heavy atom. The molecule has 0 spiro atoms. The number of hydrogen-bond acceptors (Lipinski definition) is 3. The first-order valence-electron chi connectivity index (χ1n) is 5.96. The van der Waals surface area contributed by atoms with E-state index in [9.17, 15) is 5.11 Å². The van der Waals surface area contributed by atoms with Crippen LogP contribution in [0.2, 0.25) is 0 Å². The summed E-state index contributed by atoms with van der Waals surface area (Å²) in [5.74, 6) is 0.891. The Hall–Kier alpha value is -1.81. The van der Waals surface area contributed by atoms with Crippen LogP contribution in [0.15, 0.2) is 18.2 Å². The number of benzene rings is 1. The molecule has 4 heteroatoms. The Morgan fingerprint density at radius 1 is 1.22 bits per heavy atom. The lowest BCUT2D eigenvalue weighted by atomic mass is 10.1. The van der Waals surface area contributed by atoms with E-state index in [0.29, 0.717) is 6.61 Å². The molecule has 0 atom stereocenters. The van der Waals surface area contributed by atoms with Crippen LogP contribution in [-0.2, 0) is 13.2 Å². The fourth-order valence-electron chi connectivity index (χ4n) is 2.00. The number of ether oxygens (including phenoxy) is 1. The number of nitrogens with one attached hydrogen (secondary N) is 1. The molecule has 2 rings (SSSR count). The van der Waals surface area contributed by atoms with Gasteiger partial charge in [-0.05, 0) is 31.9 Å². The van der Waals surface area contributed by atoms with E-state index in [1.54, 1.807) is 0 Å². The summed E-state index contributed by atoms with van der Waals surface area (Å²) in [6.07, 6.45) is 0. The van der Waals surface area contributed by atoms with Gasteiger partial charge in [-0.3, -0.25) is 5.10 Å². The number of aliphatic hydroxyl groups excluding tert-OH is 1. The molecular weight excluding hydrogens is 228 g/mol. The van der Waals surface area contributed by atoms with Crippen molar-refractivity contribution in [2.24, 2.45) is 0 Å². The lowest BCUT2D eigenvalue weighted by Crippen LogP contribution is -2.02. The van der Waals surface area contributed by atoms with Crippen LogP contribution in [0, 0.1) is 20.8 Å². The first-order chi connectivity index (χ1) is 8.63. The van der Waals surface area contributed by atoms with Crippen molar-refractivity contribution in [3.05, 3.63) is 46.3 Å². The quantitative estimate of drug-likeness (QED) is 0.871. The zero-order valence-corrected chi connectivity index (χ0v) is 10.9. The van der Waals surface area contributed by atoms with E-state index in [2.05, 4.69) is 10.2 Å². The van der Waals surface area contributed by atoms with E-state index in [1.807, 2.05) is 39.0 Å². The van der Waals surface area contributed by atoms with Crippen LogP contribution in [0.4, 0.5) is 0 Å². The summed E-state index contributed by atoms with van der Waals surface area (Å²) < 4.78 is 5.82. The second kappa shape index (κ2) is 5.23. The molecule has 0 fully saturated rings. The molecule has 0 saturated carbocycles. The Labute approximate surface area is 107 Å². The predicted octanol–water partition coefficient (Wildman–Crippen LogP) is 2.41. The number of aryl methyl sites for hydroxylation is 3. The van der Waals surface area contributed by atoms with E-state index >= 15 is 0 Å². The van der Waals surface area contributed by atoms with Gasteiger partial charge in [0.25, 0.3) is 0 Å². The number of nitrogens with zero attached hydrogens (tertiary/aromatic N) is 1. The zero-order chi connectivity index (χ0) is 13.1. The smallest absolute Gasteiger partial charge is 0.132 e. The molecule has 1 aromatic carbocycles. The van der Waals surface area contributed by atoms with Crippen molar-refractivity contribution >= 4 is 0 Å². The van der Waals surface area contributed by atoms with Gasteiger partial charge in [0.15, 0.2) is 0 Å². The maximum Gasteiger partial charge on any atom is 0.132 e. The summed E-state index contributed by atoms with van der Waals surface area (Å²) in [5, 5.41) is 16.3. The highest BCUT2D eigenvalue weighted by molar-refractivity contribution is 5.40. The van der Waals surface area contributed by atoms with Crippen molar-refractivity contribution in [2.45, 2.75) is 34.0 Å². The fourth-order valence-corrected chi connectivity index (χ4v) is 2.00. The van der Waals surface area contributed by atoms with Crippen molar-refractivity contribution in [3.8, 4) is 5.75 Å². The maximum atomic E-state index is 9.28. The molecule has 96 valence electrons. The summed E-state index contributed by atoms with van der Waals surface area (Å²) in [5.41, 5.74) is 4.68. The lowest BCUT2D eigenvalue weighted by molar-refractivity contribution is 0.266. The molecule has 4 nitrogen and oxygen atoms in total. The predicted molar refractivity (Wildman–Crippen MR) is 69.5 cm³/mol. The van der Waals surface area contributed by atoms with Gasteiger partial charge in [-0.2, -0.15) is 5.10 Å². The first-order valence-corrected chi connectivity index (χ1v) is 5.96. The molecule has 2 N–H and O–H groups in total.